The Bertz CT molecular complexity index is 551. The fraction of sp³-hybridized carbons (Fsp3) is 0.952. The SMILES string of the molecule is OC[C@H]1CCC2SC3N=CNC(OC4CCC(N5CCOCC5)CC4)C3[C@@H]2C1. The summed E-state index contributed by atoms with van der Waals surface area (Å²) in [6, 6.07) is 0.715. The van der Waals surface area contributed by atoms with Gasteiger partial charge in [-0.25, -0.2) is 0 Å². The van der Waals surface area contributed by atoms with Gasteiger partial charge in [0.25, 0.3) is 0 Å². The lowest BCUT2D eigenvalue weighted by molar-refractivity contribution is -0.0908. The Morgan fingerprint density at radius 3 is 2.75 bits per heavy atom. The van der Waals surface area contributed by atoms with Gasteiger partial charge in [0, 0.05) is 36.9 Å². The van der Waals surface area contributed by atoms with Crippen molar-refractivity contribution in [1.29, 1.82) is 0 Å². The molecule has 0 bridgehead atoms. The fourth-order valence-electron chi connectivity index (χ4n) is 6.13. The zero-order valence-electron chi connectivity index (χ0n) is 16.7. The number of morpholine rings is 1. The molecule has 6 nitrogen and oxygen atoms in total. The van der Waals surface area contributed by atoms with Gasteiger partial charge < -0.3 is 19.9 Å². The molecule has 2 saturated heterocycles. The van der Waals surface area contributed by atoms with Crippen LogP contribution in [-0.4, -0.2) is 78.3 Å². The summed E-state index contributed by atoms with van der Waals surface area (Å²) in [5.74, 6) is 1.54. The number of fused-ring (bicyclic) bond motifs is 3. The molecule has 3 aliphatic heterocycles. The minimum absolute atomic E-state index is 0.0902. The monoisotopic (exact) mass is 409 g/mol. The highest BCUT2D eigenvalue weighted by molar-refractivity contribution is 8.00. The smallest absolute Gasteiger partial charge is 0.134 e. The van der Waals surface area contributed by atoms with E-state index in [2.05, 4.69) is 22.0 Å². The summed E-state index contributed by atoms with van der Waals surface area (Å²) in [7, 11) is 0. The summed E-state index contributed by atoms with van der Waals surface area (Å²) in [5.41, 5.74) is 0. The molecule has 7 heteroatoms. The Kier molecular flexibility index (Phi) is 6.16. The predicted molar refractivity (Wildman–Crippen MR) is 112 cm³/mol. The van der Waals surface area contributed by atoms with Crippen LogP contribution in [0.15, 0.2) is 4.99 Å². The molecule has 158 valence electrons. The Balaban J connectivity index is 1.18. The maximum Gasteiger partial charge on any atom is 0.134 e. The summed E-state index contributed by atoms with van der Waals surface area (Å²) >= 11 is 2.06. The topological polar surface area (TPSA) is 66.3 Å². The molecule has 5 rings (SSSR count). The average Bonchev–Trinajstić information content (AvgIpc) is 3.13. The molecule has 5 aliphatic rings. The molecular formula is C21H35N3O3S. The van der Waals surface area contributed by atoms with E-state index >= 15 is 0 Å². The minimum Gasteiger partial charge on any atom is -0.396 e. The van der Waals surface area contributed by atoms with Gasteiger partial charge in [-0.1, -0.05) is 0 Å². The van der Waals surface area contributed by atoms with E-state index in [1.807, 2.05) is 6.34 Å². The van der Waals surface area contributed by atoms with Crippen molar-refractivity contribution in [2.75, 3.05) is 32.9 Å². The molecule has 28 heavy (non-hydrogen) atoms. The normalized spacial score (nSPS) is 46.6. The van der Waals surface area contributed by atoms with Crippen molar-refractivity contribution in [3.8, 4) is 0 Å². The number of hydrogen-bond acceptors (Lipinski definition) is 7. The van der Waals surface area contributed by atoms with Gasteiger partial charge in [-0.3, -0.25) is 9.89 Å². The van der Waals surface area contributed by atoms with E-state index in [9.17, 15) is 5.11 Å². The van der Waals surface area contributed by atoms with Crippen molar-refractivity contribution in [3.05, 3.63) is 0 Å². The van der Waals surface area contributed by atoms with Crippen molar-refractivity contribution in [3.63, 3.8) is 0 Å². The standard InChI is InChI=1S/C21H35N3O3S/c25-12-14-1-6-18-17(11-14)19-20(22-13-23-21(19)28-18)27-16-4-2-15(3-5-16)24-7-9-26-10-8-24/h13-21,25H,1-12H2,(H,22,23)/t14-,15?,16?,17+,18?,19?,20?,21?/m0/s1. The first-order valence-electron chi connectivity index (χ1n) is 11.3. The summed E-state index contributed by atoms with van der Waals surface area (Å²) in [5, 5.41) is 14.2. The molecule has 0 spiro atoms. The van der Waals surface area contributed by atoms with Crippen LogP contribution in [0.4, 0.5) is 0 Å². The third-order valence-electron chi connectivity index (χ3n) is 7.69. The summed E-state index contributed by atoms with van der Waals surface area (Å²) in [6.45, 7) is 4.29. The van der Waals surface area contributed by atoms with Crippen LogP contribution in [-0.2, 0) is 9.47 Å². The van der Waals surface area contributed by atoms with Crippen molar-refractivity contribution in [2.24, 2.45) is 22.7 Å². The summed E-state index contributed by atoms with van der Waals surface area (Å²) in [4.78, 5) is 7.37. The number of nitrogens with zero attached hydrogens (tertiary/aromatic N) is 2. The average molecular weight is 410 g/mol. The largest absolute Gasteiger partial charge is 0.396 e. The third kappa shape index (κ3) is 3.97. The van der Waals surface area contributed by atoms with Crippen molar-refractivity contribution < 1.29 is 14.6 Å². The second-order valence-electron chi connectivity index (χ2n) is 9.25. The van der Waals surface area contributed by atoms with Crippen LogP contribution in [0.2, 0.25) is 0 Å². The second kappa shape index (κ2) is 8.80. The van der Waals surface area contributed by atoms with Crippen LogP contribution in [0.1, 0.15) is 44.9 Å². The first-order valence-corrected chi connectivity index (χ1v) is 12.3. The van der Waals surface area contributed by atoms with Crippen LogP contribution in [0.3, 0.4) is 0 Å². The maximum absolute atomic E-state index is 9.67. The molecule has 0 aromatic carbocycles. The van der Waals surface area contributed by atoms with Gasteiger partial charge in [-0.05, 0) is 56.8 Å². The van der Waals surface area contributed by atoms with Crippen LogP contribution in [0.5, 0.6) is 0 Å². The maximum atomic E-state index is 9.67. The Hall–Kier alpha value is -0.340. The zero-order chi connectivity index (χ0) is 18.9. The van der Waals surface area contributed by atoms with E-state index in [0.717, 1.165) is 45.6 Å². The minimum atomic E-state index is 0.0902. The fourth-order valence-corrected chi connectivity index (χ4v) is 7.91. The van der Waals surface area contributed by atoms with Crippen molar-refractivity contribution >= 4 is 18.1 Å². The Labute approximate surface area is 172 Å². The lowest BCUT2D eigenvalue weighted by Gasteiger charge is -2.42. The predicted octanol–water partition coefficient (Wildman–Crippen LogP) is 2.07. The molecule has 3 heterocycles. The number of thioether (sulfide) groups is 1. The number of aliphatic imine (C=N–C) groups is 1. The van der Waals surface area contributed by atoms with Gasteiger partial charge in [-0.15, -0.1) is 11.8 Å². The lowest BCUT2D eigenvalue weighted by Crippen LogP contribution is -2.51. The van der Waals surface area contributed by atoms with Crippen molar-refractivity contribution in [1.82, 2.24) is 10.2 Å². The van der Waals surface area contributed by atoms with E-state index in [0.29, 0.717) is 47.1 Å². The number of aliphatic hydroxyl groups is 1. The van der Waals surface area contributed by atoms with E-state index in [1.54, 1.807) is 0 Å². The molecular weight excluding hydrogens is 374 g/mol. The van der Waals surface area contributed by atoms with Crippen LogP contribution in [0, 0.1) is 17.8 Å². The molecule has 0 aromatic heterocycles. The third-order valence-corrected chi connectivity index (χ3v) is 9.34. The first kappa shape index (κ1) is 19.6. The van der Waals surface area contributed by atoms with Gasteiger partial charge in [-0.2, -0.15) is 0 Å². The molecule has 0 radical (unpaired) electrons. The van der Waals surface area contributed by atoms with E-state index in [4.69, 9.17) is 14.5 Å². The number of hydrogen-bond donors (Lipinski definition) is 2. The second-order valence-corrected chi connectivity index (χ2v) is 10.6. The van der Waals surface area contributed by atoms with Crippen LogP contribution >= 0.6 is 11.8 Å². The van der Waals surface area contributed by atoms with Crippen LogP contribution in [0.25, 0.3) is 0 Å². The Morgan fingerprint density at radius 1 is 1.14 bits per heavy atom. The van der Waals surface area contributed by atoms with Gasteiger partial charge in [0.2, 0.25) is 0 Å². The quantitative estimate of drug-likeness (QED) is 0.741. The molecule has 2 saturated carbocycles. The highest BCUT2D eigenvalue weighted by Gasteiger charge is 2.51. The van der Waals surface area contributed by atoms with Crippen LogP contribution < -0.4 is 5.32 Å². The van der Waals surface area contributed by atoms with Gasteiger partial charge in [0.1, 0.15) is 11.6 Å². The van der Waals surface area contributed by atoms with Gasteiger partial charge in [0.05, 0.1) is 25.7 Å². The van der Waals surface area contributed by atoms with Gasteiger partial charge in [0.15, 0.2) is 0 Å². The molecule has 0 amide bonds. The number of aliphatic hydroxyl groups excluding tert-OH is 1. The van der Waals surface area contributed by atoms with E-state index < -0.39 is 0 Å². The van der Waals surface area contributed by atoms with E-state index in [-0.39, 0.29) is 6.23 Å². The molecule has 0 aromatic rings. The highest BCUT2D eigenvalue weighted by Crippen LogP contribution is 2.53. The van der Waals surface area contributed by atoms with Gasteiger partial charge >= 0.3 is 0 Å². The highest BCUT2D eigenvalue weighted by atomic mass is 32.2. The molecule has 4 unspecified atom stereocenters. The summed E-state index contributed by atoms with van der Waals surface area (Å²) < 4.78 is 12.2. The lowest BCUT2D eigenvalue weighted by atomic mass is 9.74. The van der Waals surface area contributed by atoms with E-state index in [1.165, 1.54) is 25.7 Å². The molecule has 2 N–H and O–H groups in total. The number of nitrogens with one attached hydrogen (secondary N) is 1. The number of ether oxygens (including phenoxy) is 2. The number of rotatable bonds is 4. The van der Waals surface area contributed by atoms with Crippen molar-refractivity contribution in [2.45, 2.75) is 73.9 Å². The zero-order valence-corrected chi connectivity index (χ0v) is 17.6. The molecule has 4 fully saturated rings. The summed E-state index contributed by atoms with van der Waals surface area (Å²) in [6.07, 6.45) is 10.7. The Morgan fingerprint density at radius 2 is 1.96 bits per heavy atom. The molecule has 6 atom stereocenters. The molecule has 2 aliphatic carbocycles. The first-order chi connectivity index (χ1) is 13.8.